The second-order valence-corrected chi connectivity index (χ2v) is 8.37. The molecule has 9 nitrogen and oxygen atoms in total. The lowest BCUT2D eigenvalue weighted by Crippen LogP contribution is -2.32. The molecule has 36 heavy (non-hydrogen) atoms. The number of rotatable bonds is 9. The van der Waals surface area contributed by atoms with Gasteiger partial charge in [0.15, 0.2) is 0 Å². The van der Waals surface area contributed by atoms with Crippen molar-refractivity contribution in [1.82, 2.24) is 15.0 Å². The molecule has 3 aromatic carbocycles. The molecule has 0 aliphatic carbocycles. The lowest BCUT2D eigenvalue weighted by Gasteiger charge is -2.16. The Bertz CT molecular complexity index is 1240. The molecule has 0 fully saturated rings. The van der Waals surface area contributed by atoms with Crippen molar-refractivity contribution in [2.45, 2.75) is 26.8 Å². The van der Waals surface area contributed by atoms with Crippen LogP contribution in [0.1, 0.15) is 18.1 Å². The number of amides is 1. The van der Waals surface area contributed by atoms with Crippen molar-refractivity contribution >= 4 is 40.8 Å². The van der Waals surface area contributed by atoms with Crippen molar-refractivity contribution in [3.05, 3.63) is 83.9 Å². The predicted octanol–water partition coefficient (Wildman–Crippen LogP) is 5.42. The van der Waals surface area contributed by atoms with Gasteiger partial charge in [-0.15, -0.1) is 0 Å². The van der Waals surface area contributed by atoms with E-state index in [4.69, 9.17) is 4.74 Å². The number of carbonyl (C=O) groups excluding carboxylic acids is 1. The maximum Gasteiger partial charge on any atom is 0.246 e. The number of aromatic nitrogens is 3. The lowest BCUT2D eigenvalue weighted by atomic mass is 10.2. The topological polar surface area (TPSA) is 113 Å². The minimum absolute atomic E-state index is 0.235. The molecule has 0 spiro atoms. The molecule has 1 aromatic heterocycles. The molecular formula is C27H29N7O2. The Labute approximate surface area is 210 Å². The fourth-order valence-electron chi connectivity index (χ4n) is 3.27. The Hall–Kier alpha value is -4.66. The van der Waals surface area contributed by atoms with Crippen LogP contribution in [0.25, 0.3) is 0 Å². The highest BCUT2D eigenvalue weighted by atomic mass is 16.5. The molecule has 184 valence electrons. The zero-order valence-electron chi connectivity index (χ0n) is 20.7. The van der Waals surface area contributed by atoms with E-state index in [0.29, 0.717) is 23.3 Å². The predicted molar refractivity (Wildman–Crippen MR) is 143 cm³/mol. The quantitative estimate of drug-likeness (QED) is 0.249. The van der Waals surface area contributed by atoms with Crippen molar-refractivity contribution in [3.8, 4) is 5.75 Å². The minimum atomic E-state index is -0.617. The summed E-state index contributed by atoms with van der Waals surface area (Å²) in [7, 11) is 1.60. The van der Waals surface area contributed by atoms with Gasteiger partial charge in [0.1, 0.15) is 11.8 Å². The van der Waals surface area contributed by atoms with Gasteiger partial charge < -0.3 is 26.0 Å². The van der Waals surface area contributed by atoms with Gasteiger partial charge in [-0.3, -0.25) is 4.79 Å². The summed E-state index contributed by atoms with van der Waals surface area (Å²) in [5.41, 5.74) is 4.64. The number of carbonyl (C=O) groups is 1. The Morgan fingerprint density at radius 2 is 1.14 bits per heavy atom. The van der Waals surface area contributed by atoms with Gasteiger partial charge in [0.25, 0.3) is 0 Å². The molecular weight excluding hydrogens is 454 g/mol. The summed E-state index contributed by atoms with van der Waals surface area (Å²) in [6, 6.07) is 22.3. The molecule has 4 rings (SSSR count). The van der Waals surface area contributed by atoms with E-state index in [1.807, 2.05) is 62.4 Å². The van der Waals surface area contributed by atoms with E-state index in [1.54, 1.807) is 38.3 Å². The average Bonchev–Trinajstić information content (AvgIpc) is 2.87. The lowest BCUT2D eigenvalue weighted by molar-refractivity contribution is -0.116. The maximum atomic E-state index is 12.8. The maximum absolute atomic E-state index is 12.8. The largest absolute Gasteiger partial charge is 0.497 e. The number of aryl methyl sites for hydroxylation is 2. The number of ether oxygens (including phenoxy) is 1. The van der Waals surface area contributed by atoms with Gasteiger partial charge in [0, 0.05) is 17.1 Å². The molecule has 0 saturated carbocycles. The first-order chi connectivity index (χ1) is 17.4. The Balaban J connectivity index is 1.53. The van der Waals surface area contributed by atoms with Crippen LogP contribution >= 0.6 is 0 Å². The summed E-state index contributed by atoms with van der Waals surface area (Å²) >= 11 is 0. The summed E-state index contributed by atoms with van der Waals surface area (Å²) in [4.78, 5) is 26.2. The number of hydrogen-bond acceptors (Lipinski definition) is 8. The van der Waals surface area contributed by atoms with Crippen LogP contribution in [-0.2, 0) is 4.79 Å². The Morgan fingerprint density at radius 3 is 1.61 bits per heavy atom. The fraction of sp³-hybridized carbons (Fsp3) is 0.185. The van der Waals surface area contributed by atoms with Crippen LogP contribution < -0.4 is 26.0 Å². The van der Waals surface area contributed by atoms with Gasteiger partial charge >= 0.3 is 0 Å². The third kappa shape index (κ3) is 6.69. The van der Waals surface area contributed by atoms with Crippen LogP contribution in [0.3, 0.4) is 0 Å². The highest BCUT2D eigenvalue weighted by Gasteiger charge is 2.16. The van der Waals surface area contributed by atoms with E-state index >= 15 is 0 Å². The minimum Gasteiger partial charge on any atom is -0.497 e. The molecule has 4 aromatic rings. The summed E-state index contributed by atoms with van der Waals surface area (Å²) < 4.78 is 5.16. The second-order valence-electron chi connectivity index (χ2n) is 8.37. The van der Waals surface area contributed by atoms with Crippen molar-refractivity contribution in [2.75, 3.05) is 28.4 Å². The zero-order chi connectivity index (χ0) is 25.5. The summed E-state index contributed by atoms with van der Waals surface area (Å²) in [6.07, 6.45) is 0. The summed E-state index contributed by atoms with van der Waals surface area (Å²) in [5, 5.41) is 12.4. The molecule has 0 radical (unpaired) electrons. The molecule has 9 heteroatoms. The number of nitrogens with one attached hydrogen (secondary N) is 4. The van der Waals surface area contributed by atoms with Gasteiger partial charge in [-0.05, 0) is 69.3 Å². The Morgan fingerprint density at radius 1 is 0.694 bits per heavy atom. The van der Waals surface area contributed by atoms with E-state index in [-0.39, 0.29) is 11.9 Å². The monoisotopic (exact) mass is 483 g/mol. The van der Waals surface area contributed by atoms with Crippen molar-refractivity contribution < 1.29 is 9.53 Å². The van der Waals surface area contributed by atoms with Crippen LogP contribution in [0.4, 0.5) is 34.9 Å². The number of benzene rings is 3. The molecule has 1 heterocycles. The third-order valence-electron chi connectivity index (χ3n) is 5.35. The molecule has 4 N–H and O–H groups in total. The number of nitrogens with zero attached hydrogens (tertiary/aromatic N) is 3. The van der Waals surface area contributed by atoms with Crippen LogP contribution in [0, 0.1) is 13.8 Å². The second kappa shape index (κ2) is 11.2. The van der Waals surface area contributed by atoms with Crippen molar-refractivity contribution in [2.24, 2.45) is 0 Å². The highest BCUT2D eigenvalue weighted by molar-refractivity contribution is 5.96. The first kappa shape index (κ1) is 24.5. The van der Waals surface area contributed by atoms with Gasteiger partial charge in [0.05, 0.1) is 7.11 Å². The van der Waals surface area contributed by atoms with E-state index in [1.165, 1.54) is 0 Å². The van der Waals surface area contributed by atoms with E-state index < -0.39 is 6.04 Å². The van der Waals surface area contributed by atoms with Gasteiger partial charge in [0.2, 0.25) is 23.8 Å². The third-order valence-corrected chi connectivity index (χ3v) is 5.35. The van der Waals surface area contributed by atoms with E-state index in [0.717, 1.165) is 22.5 Å². The van der Waals surface area contributed by atoms with Crippen LogP contribution in [0.15, 0.2) is 72.8 Å². The van der Waals surface area contributed by atoms with Crippen LogP contribution in [-0.4, -0.2) is 34.0 Å². The summed E-state index contributed by atoms with van der Waals surface area (Å²) in [6.45, 7) is 5.79. The SMILES string of the molecule is COc1ccc(NC(=O)C(C)Nc2nc(Nc3ccc(C)cc3)nc(Nc3ccc(C)cc3)n2)cc1. The van der Waals surface area contributed by atoms with Gasteiger partial charge in [-0.1, -0.05) is 35.4 Å². The molecule has 0 aliphatic rings. The molecule has 0 bridgehead atoms. The summed E-state index contributed by atoms with van der Waals surface area (Å²) in [5.74, 6) is 1.42. The Kier molecular flexibility index (Phi) is 7.60. The molecule has 1 atom stereocenters. The molecule has 1 unspecified atom stereocenters. The standard InChI is InChI=1S/C27H29N7O2/c1-17-5-9-21(10-6-17)30-26-32-25(33-27(34-26)31-22-11-7-18(2)8-12-22)28-19(3)24(35)29-20-13-15-23(36-4)16-14-20/h5-16,19H,1-4H3,(H,29,35)(H3,28,30,31,32,33,34). The molecule has 0 saturated heterocycles. The number of methoxy groups -OCH3 is 1. The van der Waals surface area contributed by atoms with Crippen LogP contribution in [0.5, 0.6) is 5.75 Å². The molecule has 1 amide bonds. The smallest absolute Gasteiger partial charge is 0.246 e. The first-order valence-electron chi connectivity index (χ1n) is 11.5. The fourth-order valence-corrected chi connectivity index (χ4v) is 3.27. The highest BCUT2D eigenvalue weighted by Crippen LogP contribution is 2.20. The number of hydrogen-bond donors (Lipinski definition) is 4. The average molecular weight is 484 g/mol. The van der Waals surface area contributed by atoms with E-state index in [9.17, 15) is 4.79 Å². The molecule has 0 aliphatic heterocycles. The van der Waals surface area contributed by atoms with Gasteiger partial charge in [-0.25, -0.2) is 0 Å². The first-order valence-corrected chi connectivity index (χ1v) is 11.5. The van der Waals surface area contributed by atoms with Gasteiger partial charge in [-0.2, -0.15) is 15.0 Å². The number of anilines is 6. The van der Waals surface area contributed by atoms with Crippen LogP contribution in [0.2, 0.25) is 0 Å². The normalized spacial score (nSPS) is 11.3. The van der Waals surface area contributed by atoms with Crippen molar-refractivity contribution in [3.63, 3.8) is 0 Å². The van der Waals surface area contributed by atoms with E-state index in [2.05, 4.69) is 36.2 Å². The zero-order valence-corrected chi connectivity index (χ0v) is 20.7. The van der Waals surface area contributed by atoms with Crippen molar-refractivity contribution in [1.29, 1.82) is 0 Å².